The summed E-state index contributed by atoms with van der Waals surface area (Å²) < 4.78 is 37.9. The van der Waals surface area contributed by atoms with Crippen LogP contribution in [0.25, 0.3) is 11.1 Å². The Kier molecular flexibility index (Phi) is 3.25. The van der Waals surface area contributed by atoms with Crippen LogP contribution in [-0.2, 0) is 6.18 Å². The third-order valence-corrected chi connectivity index (χ3v) is 2.56. The zero-order valence-electron chi connectivity index (χ0n) is 9.70. The van der Waals surface area contributed by atoms with Crippen molar-refractivity contribution in [3.8, 4) is 11.1 Å². The van der Waals surface area contributed by atoms with Crippen LogP contribution in [-0.4, -0.2) is 10.8 Å². The van der Waals surface area contributed by atoms with Crippen molar-refractivity contribution in [1.29, 1.82) is 5.41 Å². The number of rotatable bonds is 2. The first-order valence-electron chi connectivity index (χ1n) is 5.36. The fourth-order valence-electron chi connectivity index (χ4n) is 1.63. The molecule has 1 heterocycles. The Hall–Kier alpha value is -2.37. The summed E-state index contributed by atoms with van der Waals surface area (Å²) in [5.41, 5.74) is 5.75. The Labute approximate surface area is 107 Å². The first-order chi connectivity index (χ1) is 8.88. The summed E-state index contributed by atoms with van der Waals surface area (Å²) in [6.45, 7) is 0. The first kappa shape index (κ1) is 13.1. The van der Waals surface area contributed by atoms with Gasteiger partial charge in [-0.3, -0.25) is 10.4 Å². The SMILES string of the molecule is N=C(N)c1cc(-c2cccc(C(F)(F)F)c2)ccn1. The van der Waals surface area contributed by atoms with Crippen molar-refractivity contribution in [3.63, 3.8) is 0 Å². The second-order valence-electron chi connectivity index (χ2n) is 3.92. The molecule has 0 fully saturated rings. The van der Waals surface area contributed by atoms with E-state index in [0.29, 0.717) is 11.1 Å². The molecular formula is C13H10F3N3. The van der Waals surface area contributed by atoms with E-state index in [2.05, 4.69) is 4.98 Å². The van der Waals surface area contributed by atoms with Gasteiger partial charge in [-0.15, -0.1) is 0 Å². The van der Waals surface area contributed by atoms with Crippen LogP contribution in [0.15, 0.2) is 42.6 Å². The third-order valence-electron chi connectivity index (χ3n) is 2.56. The van der Waals surface area contributed by atoms with Gasteiger partial charge in [0.1, 0.15) is 11.5 Å². The molecule has 0 saturated carbocycles. The molecule has 0 aliphatic heterocycles. The van der Waals surface area contributed by atoms with Crippen LogP contribution in [0.4, 0.5) is 13.2 Å². The number of aromatic nitrogens is 1. The highest BCUT2D eigenvalue weighted by Gasteiger charge is 2.30. The average Bonchev–Trinajstić information content (AvgIpc) is 2.38. The van der Waals surface area contributed by atoms with Crippen molar-refractivity contribution in [2.45, 2.75) is 6.18 Å². The molecule has 0 saturated heterocycles. The molecule has 0 aliphatic rings. The molecule has 0 spiro atoms. The number of nitrogen functional groups attached to an aromatic ring is 1. The topological polar surface area (TPSA) is 62.8 Å². The predicted molar refractivity (Wildman–Crippen MR) is 65.7 cm³/mol. The van der Waals surface area contributed by atoms with Crippen LogP contribution in [0.1, 0.15) is 11.3 Å². The van der Waals surface area contributed by atoms with E-state index in [1.54, 1.807) is 12.1 Å². The number of hydrogen-bond acceptors (Lipinski definition) is 2. The zero-order chi connectivity index (χ0) is 14.0. The van der Waals surface area contributed by atoms with Crippen molar-refractivity contribution in [1.82, 2.24) is 4.98 Å². The molecule has 1 aromatic heterocycles. The van der Waals surface area contributed by atoms with E-state index in [1.807, 2.05) is 0 Å². The molecular weight excluding hydrogens is 255 g/mol. The monoisotopic (exact) mass is 265 g/mol. The van der Waals surface area contributed by atoms with Crippen LogP contribution in [0.3, 0.4) is 0 Å². The Morgan fingerprint density at radius 3 is 2.42 bits per heavy atom. The normalized spacial score (nSPS) is 11.3. The van der Waals surface area contributed by atoms with E-state index in [1.165, 1.54) is 18.3 Å². The molecule has 0 unspecified atom stereocenters. The van der Waals surface area contributed by atoms with Gasteiger partial charge in [0.05, 0.1) is 5.56 Å². The van der Waals surface area contributed by atoms with Gasteiger partial charge in [0, 0.05) is 6.20 Å². The van der Waals surface area contributed by atoms with Gasteiger partial charge in [-0.05, 0) is 35.4 Å². The number of nitrogens with zero attached hydrogens (tertiary/aromatic N) is 1. The van der Waals surface area contributed by atoms with Crippen LogP contribution >= 0.6 is 0 Å². The van der Waals surface area contributed by atoms with E-state index in [0.717, 1.165) is 12.1 Å². The van der Waals surface area contributed by atoms with Crippen LogP contribution < -0.4 is 5.73 Å². The quantitative estimate of drug-likeness (QED) is 0.647. The molecule has 2 aromatic rings. The Bertz CT molecular complexity index is 621. The average molecular weight is 265 g/mol. The minimum absolute atomic E-state index is 0.228. The molecule has 2 rings (SSSR count). The summed E-state index contributed by atoms with van der Waals surface area (Å²) in [4.78, 5) is 3.86. The maximum Gasteiger partial charge on any atom is 0.416 e. The molecule has 0 amide bonds. The smallest absolute Gasteiger partial charge is 0.382 e. The van der Waals surface area contributed by atoms with E-state index < -0.39 is 11.7 Å². The summed E-state index contributed by atoms with van der Waals surface area (Å²) >= 11 is 0. The second kappa shape index (κ2) is 4.72. The molecule has 6 heteroatoms. The maximum absolute atomic E-state index is 12.6. The lowest BCUT2D eigenvalue weighted by molar-refractivity contribution is -0.137. The first-order valence-corrected chi connectivity index (χ1v) is 5.36. The molecule has 1 aromatic carbocycles. The highest BCUT2D eigenvalue weighted by Crippen LogP contribution is 2.32. The van der Waals surface area contributed by atoms with Crippen LogP contribution in [0.5, 0.6) is 0 Å². The summed E-state index contributed by atoms with van der Waals surface area (Å²) in [5, 5.41) is 7.27. The van der Waals surface area contributed by atoms with Crippen molar-refractivity contribution in [2.75, 3.05) is 0 Å². The van der Waals surface area contributed by atoms with Gasteiger partial charge >= 0.3 is 6.18 Å². The van der Waals surface area contributed by atoms with Gasteiger partial charge in [-0.25, -0.2) is 0 Å². The highest BCUT2D eigenvalue weighted by atomic mass is 19.4. The van der Waals surface area contributed by atoms with E-state index in [9.17, 15) is 13.2 Å². The fourth-order valence-corrected chi connectivity index (χ4v) is 1.63. The van der Waals surface area contributed by atoms with Gasteiger partial charge in [0.2, 0.25) is 0 Å². The number of amidine groups is 1. The third kappa shape index (κ3) is 2.90. The molecule has 0 bridgehead atoms. The summed E-state index contributed by atoms with van der Waals surface area (Å²) in [5.74, 6) is -0.228. The minimum atomic E-state index is -4.38. The highest BCUT2D eigenvalue weighted by molar-refractivity contribution is 5.94. The fraction of sp³-hybridized carbons (Fsp3) is 0.0769. The van der Waals surface area contributed by atoms with Crippen molar-refractivity contribution in [3.05, 3.63) is 53.9 Å². The van der Waals surface area contributed by atoms with Crippen molar-refractivity contribution < 1.29 is 13.2 Å². The molecule has 19 heavy (non-hydrogen) atoms. The largest absolute Gasteiger partial charge is 0.416 e. The molecule has 0 atom stereocenters. The van der Waals surface area contributed by atoms with E-state index in [-0.39, 0.29) is 11.5 Å². The molecule has 0 radical (unpaired) electrons. The zero-order valence-corrected chi connectivity index (χ0v) is 9.70. The summed E-state index contributed by atoms with van der Waals surface area (Å²) in [6.07, 6.45) is -2.97. The summed E-state index contributed by atoms with van der Waals surface area (Å²) in [7, 11) is 0. The number of nitrogens with one attached hydrogen (secondary N) is 1. The van der Waals surface area contributed by atoms with E-state index >= 15 is 0 Å². The number of benzene rings is 1. The van der Waals surface area contributed by atoms with Gasteiger partial charge in [0.15, 0.2) is 0 Å². The Morgan fingerprint density at radius 1 is 1.11 bits per heavy atom. The molecule has 0 aliphatic carbocycles. The predicted octanol–water partition coefficient (Wildman–Crippen LogP) is 3.05. The summed E-state index contributed by atoms with van der Waals surface area (Å²) in [6, 6.07) is 8.02. The lowest BCUT2D eigenvalue weighted by atomic mass is 10.0. The van der Waals surface area contributed by atoms with Gasteiger partial charge in [-0.1, -0.05) is 12.1 Å². The van der Waals surface area contributed by atoms with Gasteiger partial charge in [-0.2, -0.15) is 13.2 Å². The number of pyridine rings is 1. The van der Waals surface area contributed by atoms with Crippen molar-refractivity contribution in [2.24, 2.45) is 5.73 Å². The standard InChI is InChI=1S/C13H10F3N3/c14-13(15,16)10-3-1-2-8(6-10)9-4-5-19-11(7-9)12(17)18/h1-7H,(H3,17,18). The lowest BCUT2D eigenvalue weighted by Gasteiger charge is -2.09. The van der Waals surface area contributed by atoms with E-state index in [4.69, 9.17) is 11.1 Å². The van der Waals surface area contributed by atoms with Gasteiger partial charge in [0.25, 0.3) is 0 Å². The molecule has 3 N–H and O–H groups in total. The Morgan fingerprint density at radius 2 is 1.79 bits per heavy atom. The lowest BCUT2D eigenvalue weighted by Crippen LogP contribution is -2.12. The number of alkyl halides is 3. The second-order valence-corrected chi connectivity index (χ2v) is 3.92. The van der Waals surface area contributed by atoms with Crippen LogP contribution in [0.2, 0.25) is 0 Å². The Balaban J connectivity index is 2.48. The van der Waals surface area contributed by atoms with Gasteiger partial charge < -0.3 is 5.73 Å². The number of halogens is 3. The molecule has 98 valence electrons. The van der Waals surface area contributed by atoms with Crippen LogP contribution in [0, 0.1) is 5.41 Å². The maximum atomic E-state index is 12.6. The van der Waals surface area contributed by atoms with Crippen molar-refractivity contribution >= 4 is 5.84 Å². The molecule has 3 nitrogen and oxygen atoms in total. The minimum Gasteiger partial charge on any atom is -0.382 e. The number of hydrogen-bond donors (Lipinski definition) is 2. The number of nitrogens with two attached hydrogens (primary N) is 1.